The van der Waals surface area contributed by atoms with Crippen LogP contribution in [0.2, 0.25) is 0 Å². The number of aryl methyl sites for hydroxylation is 4. The molecule has 0 fully saturated rings. The highest BCUT2D eigenvalue weighted by Gasteiger charge is 2.13. The second kappa shape index (κ2) is 9.05. The van der Waals surface area contributed by atoms with Gasteiger partial charge in [0.2, 0.25) is 5.91 Å². The van der Waals surface area contributed by atoms with E-state index in [0.717, 1.165) is 50.1 Å². The lowest BCUT2D eigenvalue weighted by molar-refractivity contribution is -0.118. The quantitative estimate of drug-likeness (QED) is 0.570. The van der Waals surface area contributed by atoms with Crippen molar-refractivity contribution in [3.05, 3.63) is 64.5 Å². The standard InChI is InChI=1S/C24H31N3O/c1-17-14-18(2)21(19(3)15-17)16-27-23-11-8-7-10-22(23)26-24(27)12-6-5-9-13-25-20(4)28/h7-8,10-11,14-15H,5-6,9,12-13,16H2,1-4H3,(H,25,28). The molecule has 1 N–H and O–H groups in total. The molecule has 1 heterocycles. The van der Waals surface area contributed by atoms with Gasteiger partial charge in [-0.25, -0.2) is 4.98 Å². The van der Waals surface area contributed by atoms with E-state index in [-0.39, 0.29) is 5.91 Å². The Labute approximate surface area is 168 Å². The number of hydrogen-bond acceptors (Lipinski definition) is 2. The van der Waals surface area contributed by atoms with Crippen molar-refractivity contribution in [2.24, 2.45) is 0 Å². The Morgan fingerprint density at radius 2 is 1.75 bits per heavy atom. The topological polar surface area (TPSA) is 46.9 Å². The van der Waals surface area contributed by atoms with Gasteiger partial charge in [-0.2, -0.15) is 0 Å². The van der Waals surface area contributed by atoms with E-state index < -0.39 is 0 Å². The molecule has 0 saturated carbocycles. The van der Waals surface area contributed by atoms with Crippen LogP contribution >= 0.6 is 0 Å². The number of benzene rings is 2. The smallest absolute Gasteiger partial charge is 0.216 e. The van der Waals surface area contributed by atoms with E-state index in [9.17, 15) is 4.79 Å². The Balaban J connectivity index is 1.79. The number of nitrogens with zero attached hydrogens (tertiary/aromatic N) is 2. The van der Waals surface area contributed by atoms with Crippen LogP contribution in [0.3, 0.4) is 0 Å². The summed E-state index contributed by atoms with van der Waals surface area (Å²) in [6, 6.07) is 12.9. The maximum absolute atomic E-state index is 11.0. The van der Waals surface area contributed by atoms with Crippen molar-refractivity contribution in [3.63, 3.8) is 0 Å². The number of carbonyl (C=O) groups excluding carboxylic acids is 1. The first-order valence-corrected chi connectivity index (χ1v) is 10.2. The molecule has 0 saturated heterocycles. The molecule has 4 heteroatoms. The zero-order valence-corrected chi connectivity index (χ0v) is 17.5. The fourth-order valence-electron chi connectivity index (χ4n) is 3.96. The molecule has 3 aromatic rings. The molecule has 0 unspecified atom stereocenters. The van der Waals surface area contributed by atoms with Crippen molar-refractivity contribution in [3.8, 4) is 0 Å². The first-order valence-electron chi connectivity index (χ1n) is 10.2. The summed E-state index contributed by atoms with van der Waals surface area (Å²) in [5.74, 6) is 1.20. The number of carbonyl (C=O) groups is 1. The number of amides is 1. The van der Waals surface area contributed by atoms with E-state index in [1.165, 1.54) is 27.8 Å². The second-order valence-corrected chi connectivity index (χ2v) is 7.77. The summed E-state index contributed by atoms with van der Waals surface area (Å²) in [5.41, 5.74) is 7.66. The van der Waals surface area contributed by atoms with Gasteiger partial charge in [0.05, 0.1) is 11.0 Å². The number of hydrogen-bond donors (Lipinski definition) is 1. The molecule has 28 heavy (non-hydrogen) atoms. The van der Waals surface area contributed by atoms with Crippen LogP contribution in [0.5, 0.6) is 0 Å². The predicted octanol–water partition coefficient (Wildman–Crippen LogP) is 4.86. The number of fused-ring (bicyclic) bond motifs is 1. The molecule has 0 radical (unpaired) electrons. The van der Waals surface area contributed by atoms with Crippen LogP contribution in [0.15, 0.2) is 36.4 Å². The fourth-order valence-corrected chi connectivity index (χ4v) is 3.96. The number of imidazole rings is 1. The molecule has 1 aromatic heterocycles. The summed E-state index contributed by atoms with van der Waals surface area (Å²) in [6.07, 6.45) is 4.13. The van der Waals surface area contributed by atoms with Crippen molar-refractivity contribution in [1.82, 2.24) is 14.9 Å². The van der Waals surface area contributed by atoms with E-state index >= 15 is 0 Å². The molecule has 0 bridgehead atoms. The monoisotopic (exact) mass is 377 g/mol. The van der Waals surface area contributed by atoms with Crippen molar-refractivity contribution < 1.29 is 4.79 Å². The van der Waals surface area contributed by atoms with Crippen LogP contribution in [0, 0.1) is 20.8 Å². The summed E-state index contributed by atoms with van der Waals surface area (Å²) in [7, 11) is 0. The van der Waals surface area contributed by atoms with Gasteiger partial charge < -0.3 is 9.88 Å². The normalized spacial score (nSPS) is 11.1. The van der Waals surface area contributed by atoms with Crippen LogP contribution in [0.4, 0.5) is 0 Å². The molecule has 4 nitrogen and oxygen atoms in total. The van der Waals surface area contributed by atoms with E-state index in [1.807, 2.05) is 0 Å². The Bertz CT molecular complexity index is 948. The molecule has 3 rings (SSSR count). The average Bonchev–Trinajstić information content (AvgIpc) is 2.98. The van der Waals surface area contributed by atoms with Crippen LogP contribution in [0.1, 0.15) is 54.3 Å². The lowest BCUT2D eigenvalue weighted by atomic mass is 9.99. The predicted molar refractivity (Wildman–Crippen MR) is 116 cm³/mol. The number of unbranched alkanes of at least 4 members (excludes halogenated alkanes) is 2. The summed E-state index contributed by atoms with van der Waals surface area (Å²) in [6.45, 7) is 9.75. The molecule has 148 valence electrons. The van der Waals surface area contributed by atoms with Crippen molar-refractivity contribution in [2.75, 3.05) is 6.54 Å². The van der Waals surface area contributed by atoms with E-state index in [2.05, 4.69) is 67.1 Å². The first kappa shape index (κ1) is 20.1. The number of rotatable bonds is 8. The van der Waals surface area contributed by atoms with Crippen molar-refractivity contribution in [2.45, 2.75) is 59.9 Å². The third kappa shape index (κ3) is 4.80. The highest BCUT2D eigenvalue weighted by atomic mass is 16.1. The minimum absolute atomic E-state index is 0.0469. The summed E-state index contributed by atoms with van der Waals surface area (Å²) in [5, 5.41) is 2.87. The summed E-state index contributed by atoms with van der Waals surface area (Å²) < 4.78 is 2.38. The minimum atomic E-state index is 0.0469. The highest BCUT2D eigenvalue weighted by Crippen LogP contribution is 2.23. The molecule has 0 atom stereocenters. The largest absolute Gasteiger partial charge is 0.356 e. The maximum Gasteiger partial charge on any atom is 0.216 e. The Hall–Kier alpha value is -2.62. The number of nitrogens with one attached hydrogen (secondary N) is 1. The number of aromatic nitrogens is 2. The van der Waals surface area contributed by atoms with Gasteiger partial charge in [0, 0.05) is 26.4 Å². The third-order valence-corrected chi connectivity index (χ3v) is 5.34. The first-order chi connectivity index (χ1) is 13.5. The molecule has 0 spiro atoms. The molecule has 0 aliphatic heterocycles. The van der Waals surface area contributed by atoms with Crippen LogP contribution in [0.25, 0.3) is 11.0 Å². The third-order valence-electron chi connectivity index (χ3n) is 5.34. The average molecular weight is 378 g/mol. The van der Waals surface area contributed by atoms with Gasteiger partial charge >= 0.3 is 0 Å². The zero-order valence-electron chi connectivity index (χ0n) is 17.5. The Kier molecular flexibility index (Phi) is 6.50. The maximum atomic E-state index is 11.0. The molecular formula is C24H31N3O. The van der Waals surface area contributed by atoms with Crippen molar-refractivity contribution >= 4 is 16.9 Å². The van der Waals surface area contributed by atoms with Crippen LogP contribution in [-0.2, 0) is 17.8 Å². The molecular weight excluding hydrogens is 346 g/mol. The van der Waals surface area contributed by atoms with Gasteiger partial charge in [-0.3, -0.25) is 4.79 Å². The lowest BCUT2D eigenvalue weighted by Gasteiger charge is -2.15. The van der Waals surface area contributed by atoms with Gasteiger partial charge in [-0.05, 0) is 62.4 Å². The minimum Gasteiger partial charge on any atom is -0.356 e. The van der Waals surface area contributed by atoms with Gasteiger partial charge in [0.1, 0.15) is 5.82 Å². The number of para-hydroxylation sites is 2. The Morgan fingerprint density at radius 1 is 1.04 bits per heavy atom. The zero-order chi connectivity index (χ0) is 20.1. The van der Waals surface area contributed by atoms with E-state index in [4.69, 9.17) is 4.98 Å². The van der Waals surface area contributed by atoms with E-state index in [1.54, 1.807) is 6.92 Å². The van der Waals surface area contributed by atoms with Crippen LogP contribution < -0.4 is 5.32 Å². The summed E-state index contributed by atoms with van der Waals surface area (Å²) in [4.78, 5) is 15.9. The van der Waals surface area contributed by atoms with E-state index in [0.29, 0.717) is 0 Å². The summed E-state index contributed by atoms with van der Waals surface area (Å²) >= 11 is 0. The van der Waals surface area contributed by atoms with Gasteiger partial charge in [0.25, 0.3) is 0 Å². The molecule has 2 aromatic carbocycles. The molecule has 1 amide bonds. The fraction of sp³-hybridized carbons (Fsp3) is 0.417. The van der Waals surface area contributed by atoms with Gasteiger partial charge in [-0.15, -0.1) is 0 Å². The molecule has 0 aliphatic rings. The highest BCUT2D eigenvalue weighted by molar-refractivity contribution is 5.76. The molecule has 0 aliphatic carbocycles. The Morgan fingerprint density at radius 3 is 2.46 bits per heavy atom. The van der Waals surface area contributed by atoms with Gasteiger partial charge in [0.15, 0.2) is 0 Å². The van der Waals surface area contributed by atoms with Gasteiger partial charge in [-0.1, -0.05) is 36.2 Å². The SMILES string of the molecule is CC(=O)NCCCCCc1nc2ccccc2n1Cc1c(C)cc(C)cc1C. The van der Waals surface area contributed by atoms with Crippen molar-refractivity contribution in [1.29, 1.82) is 0 Å². The second-order valence-electron chi connectivity index (χ2n) is 7.77. The van der Waals surface area contributed by atoms with Crippen LogP contribution in [-0.4, -0.2) is 22.0 Å². The lowest BCUT2D eigenvalue weighted by Crippen LogP contribution is -2.20.